The molecule has 0 fully saturated rings. The second-order valence-corrected chi connectivity index (χ2v) is 4.94. The highest BCUT2D eigenvalue weighted by Gasteiger charge is 2.14. The van der Waals surface area contributed by atoms with Gasteiger partial charge in [-0.15, -0.1) is 11.3 Å². The van der Waals surface area contributed by atoms with Crippen molar-refractivity contribution in [3.05, 3.63) is 15.9 Å². The minimum atomic E-state index is -0.367. The number of halogens is 1. The maximum Gasteiger partial charge on any atom is 0.306 e. The average molecular weight is 306 g/mol. The SMILES string of the molecule is COC(=O)CCC(=O)N(C)c1cc(Br)cs1. The summed E-state index contributed by atoms with van der Waals surface area (Å²) in [6, 6.07) is 1.86. The summed E-state index contributed by atoms with van der Waals surface area (Å²) in [4.78, 5) is 24.1. The molecule has 0 aliphatic carbocycles. The van der Waals surface area contributed by atoms with Crippen LogP contribution in [0.25, 0.3) is 0 Å². The first-order valence-electron chi connectivity index (χ1n) is 4.62. The Kier molecular flexibility index (Phi) is 4.95. The van der Waals surface area contributed by atoms with E-state index in [9.17, 15) is 9.59 Å². The zero-order valence-electron chi connectivity index (χ0n) is 9.03. The molecule has 0 saturated carbocycles. The Bertz CT molecular complexity index is 391. The maximum atomic E-state index is 11.7. The topological polar surface area (TPSA) is 46.6 Å². The molecule has 0 unspecified atom stereocenters. The molecule has 0 radical (unpaired) electrons. The molecule has 0 bridgehead atoms. The molecule has 0 spiro atoms. The molecule has 4 nitrogen and oxygen atoms in total. The molecule has 1 aromatic heterocycles. The third kappa shape index (κ3) is 3.61. The van der Waals surface area contributed by atoms with E-state index in [1.807, 2.05) is 11.4 Å². The van der Waals surface area contributed by atoms with Crippen LogP contribution in [0.1, 0.15) is 12.8 Å². The number of methoxy groups -OCH3 is 1. The van der Waals surface area contributed by atoms with Crippen LogP contribution in [-0.2, 0) is 14.3 Å². The van der Waals surface area contributed by atoms with Crippen molar-refractivity contribution in [2.45, 2.75) is 12.8 Å². The highest BCUT2D eigenvalue weighted by molar-refractivity contribution is 9.10. The number of carbonyl (C=O) groups excluding carboxylic acids is 2. The minimum absolute atomic E-state index is 0.0975. The van der Waals surface area contributed by atoms with E-state index < -0.39 is 0 Å². The number of amides is 1. The number of hydrogen-bond donors (Lipinski definition) is 0. The summed E-state index contributed by atoms with van der Waals surface area (Å²) in [6.07, 6.45) is 0.283. The fourth-order valence-electron chi connectivity index (χ4n) is 1.08. The van der Waals surface area contributed by atoms with Crippen molar-refractivity contribution in [2.75, 3.05) is 19.1 Å². The largest absolute Gasteiger partial charge is 0.469 e. The Balaban J connectivity index is 2.51. The third-order valence-electron chi connectivity index (χ3n) is 2.03. The molecule has 0 aliphatic heterocycles. The molecular formula is C10H12BrNO3S. The predicted molar refractivity (Wildman–Crippen MR) is 66.7 cm³/mol. The van der Waals surface area contributed by atoms with Gasteiger partial charge in [0.25, 0.3) is 0 Å². The van der Waals surface area contributed by atoms with Crippen LogP contribution in [0.4, 0.5) is 5.00 Å². The van der Waals surface area contributed by atoms with Gasteiger partial charge in [-0.05, 0) is 22.0 Å². The van der Waals surface area contributed by atoms with Crippen LogP contribution in [0, 0.1) is 0 Å². The number of rotatable bonds is 4. The van der Waals surface area contributed by atoms with E-state index in [0.717, 1.165) is 9.47 Å². The Labute approximate surface area is 106 Å². The van der Waals surface area contributed by atoms with Crippen LogP contribution in [0.2, 0.25) is 0 Å². The molecule has 0 N–H and O–H groups in total. The van der Waals surface area contributed by atoms with Crippen LogP contribution >= 0.6 is 27.3 Å². The van der Waals surface area contributed by atoms with Crippen molar-refractivity contribution in [2.24, 2.45) is 0 Å². The molecule has 1 aromatic rings. The van der Waals surface area contributed by atoms with E-state index in [-0.39, 0.29) is 24.7 Å². The molecule has 0 saturated heterocycles. The first-order chi connectivity index (χ1) is 7.54. The van der Waals surface area contributed by atoms with Gasteiger partial charge in [-0.1, -0.05) is 0 Å². The zero-order valence-corrected chi connectivity index (χ0v) is 11.4. The fraction of sp³-hybridized carbons (Fsp3) is 0.400. The summed E-state index contributed by atoms with van der Waals surface area (Å²) < 4.78 is 5.42. The van der Waals surface area contributed by atoms with E-state index in [2.05, 4.69) is 20.7 Å². The lowest BCUT2D eigenvalue weighted by Crippen LogP contribution is -2.25. The first-order valence-corrected chi connectivity index (χ1v) is 6.29. The van der Waals surface area contributed by atoms with E-state index in [1.54, 1.807) is 11.9 Å². The number of carbonyl (C=O) groups is 2. The molecule has 0 atom stereocenters. The summed E-state index contributed by atoms with van der Waals surface area (Å²) in [6.45, 7) is 0. The monoisotopic (exact) mass is 305 g/mol. The number of nitrogens with zero attached hydrogens (tertiary/aromatic N) is 1. The summed E-state index contributed by atoms with van der Waals surface area (Å²) in [7, 11) is 3.00. The van der Waals surface area contributed by atoms with E-state index >= 15 is 0 Å². The van der Waals surface area contributed by atoms with Gasteiger partial charge in [0.05, 0.1) is 18.5 Å². The summed E-state index contributed by atoms with van der Waals surface area (Å²) in [5.41, 5.74) is 0. The predicted octanol–water partition coefficient (Wildman–Crippen LogP) is 2.43. The number of esters is 1. The van der Waals surface area contributed by atoms with Crippen LogP contribution in [0.3, 0.4) is 0 Å². The molecule has 16 heavy (non-hydrogen) atoms. The van der Waals surface area contributed by atoms with Gasteiger partial charge in [0.2, 0.25) is 5.91 Å². The van der Waals surface area contributed by atoms with Gasteiger partial charge in [0, 0.05) is 23.3 Å². The Morgan fingerprint density at radius 1 is 1.50 bits per heavy atom. The average Bonchev–Trinajstić information content (AvgIpc) is 2.71. The molecule has 88 valence electrons. The summed E-state index contributed by atoms with van der Waals surface area (Å²) in [5.74, 6) is -0.464. The van der Waals surface area contributed by atoms with Gasteiger partial charge < -0.3 is 9.64 Å². The van der Waals surface area contributed by atoms with Crippen LogP contribution in [0.5, 0.6) is 0 Å². The maximum absolute atomic E-state index is 11.7. The lowest BCUT2D eigenvalue weighted by Gasteiger charge is -2.14. The molecule has 0 aromatic carbocycles. The number of thiophene rings is 1. The van der Waals surface area contributed by atoms with E-state index in [0.29, 0.717) is 0 Å². The van der Waals surface area contributed by atoms with Gasteiger partial charge in [-0.25, -0.2) is 0 Å². The normalized spacial score (nSPS) is 9.94. The molecule has 1 heterocycles. The van der Waals surface area contributed by atoms with Gasteiger partial charge in [0.15, 0.2) is 0 Å². The number of ether oxygens (including phenoxy) is 1. The van der Waals surface area contributed by atoms with Crippen molar-refractivity contribution >= 4 is 44.1 Å². The lowest BCUT2D eigenvalue weighted by molar-refractivity contribution is -0.141. The molecule has 0 aliphatic rings. The lowest BCUT2D eigenvalue weighted by atomic mass is 10.3. The van der Waals surface area contributed by atoms with Gasteiger partial charge in [-0.2, -0.15) is 0 Å². The van der Waals surface area contributed by atoms with Crippen LogP contribution in [-0.4, -0.2) is 26.0 Å². The molecule has 1 amide bonds. The summed E-state index contributed by atoms with van der Waals surface area (Å²) in [5, 5.41) is 2.75. The second kappa shape index (κ2) is 6.00. The van der Waals surface area contributed by atoms with Crippen molar-refractivity contribution in [3.63, 3.8) is 0 Å². The van der Waals surface area contributed by atoms with Crippen LogP contribution in [0.15, 0.2) is 15.9 Å². The highest BCUT2D eigenvalue weighted by atomic mass is 79.9. The second-order valence-electron chi connectivity index (χ2n) is 3.13. The zero-order chi connectivity index (χ0) is 12.1. The van der Waals surface area contributed by atoms with E-state index in [1.165, 1.54) is 18.4 Å². The minimum Gasteiger partial charge on any atom is -0.469 e. The molecule has 1 rings (SSSR count). The Morgan fingerprint density at radius 2 is 2.19 bits per heavy atom. The Morgan fingerprint density at radius 3 is 2.69 bits per heavy atom. The fourth-order valence-corrected chi connectivity index (χ4v) is 2.49. The smallest absolute Gasteiger partial charge is 0.306 e. The number of hydrogen-bond acceptors (Lipinski definition) is 4. The van der Waals surface area contributed by atoms with Crippen LogP contribution < -0.4 is 4.90 Å². The van der Waals surface area contributed by atoms with E-state index in [4.69, 9.17) is 0 Å². The van der Waals surface area contributed by atoms with Crippen molar-refractivity contribution in [1.82, 2.24) is 0 Å². The van der Waals surface area contributed by atoms with Crippen molar-refractivity contribution in [3.8, 4) is 0 Å². The molecule has 6 heteroatoms. The number of anilines is 1. The third-order valence-corrected chi connectivity index (χ3v) is 3.79. The first kappa shape index (κ1) is 13.2. The van der Waals surface area contributed by atoms with Gasteiger partial charge >= 0.3 is 5.97 Å². The molecular weight excluding hydrogens is 294 g/mol. The van der Waals surface area contributed by atoms with Crippen molar-refractivity contribution < 1.29 is 14.3 Å². The highest BCUT2D eigenvalue weighted by Crippen LogP contribution is 2.27. The summed E-state index contributed by atoms with van der Waals surface area (Å²) >= 11 is 4.79. The van der Waals surface area contributed by atoms with Crippen molar-refractivity contribution in [1.29, 1.82) is 0 Å². The van der Waals surface area contributed by atoms with Gasteiger partial charge in [-0.3, -0.25) is 9.59 Å². The Hall–Kier alpha value is -0.880. The standard InChI is InChI=1S/C10H12BrNO3S/c1-12(9-5-7(11)6-16-9)8(13)3-4-10(14)15-2/h5-6H,3-4H2,1-2H3. The quantitative estimate of drug-likeness (QED) is 0.803. The van der Waals surface area contributed by atoms with Gasteiger partial charge in [0.1, 0.15) is 0 Å².